The van der Waals surface area contributed by atoms with Gasteiger partial charge in [-0.3, -0.25) is 0 Å². The normalized spacial score (nSPS) is 16.1. The summed E-state index contributed by atoms with van der Waals surface area (Å²) in [7, 11) is 0. The molecule has 2 N–H and O–H groups in total. The molecule has 1 heterocycles. The Morgan fingerprint density at radius 3 is 2.47 bits per heavy atom. The van der Waals surface area contributed by atoms with Crippen molar-refractivity contribution >= 4 is 17.7 Å². The van der Waals surface area contributed by atoms with Crippen LogP contribution in [0.25, 0.3) is 5.70 Å². The zero-order chi connectivity index (χ0) is 21.5. The number of carbonyl (C=O) groups is 2. The lowest BCUT2D eigenvalue weighted by molar-refractivity contribution is -0.143. The third kappa shape index (κ3) is 5.00. The van der Waals surface area contributed by atoms with E-state index in [1.54, 1.807) is 13.8 Å². The largest absolute Gasteiger partial charge is 0.493 e. The predicted octanol–water partition coefficient (Wildman–Crippen LogP) is 4.58. The lowest BCUT2D eigenvalue weighted by Crippen LogP contribution is -2.45. The van der Waals surface area contributed by atoms with Crippen molar-refractivity contribution in [2.75, 3.05) is 6.61 Å². The SMILES string of the molecule is CCCCOc1ccccc1C1NC(=O)NC(c2ccccc2)=C1C(=O)OC(C)C. The van der Waals surface area contributed by atoms with Gasteiger partial charge in [-0.15, -0.1) is 0 Å². The summed E-state index contributed by atoms with van der Waals surface area (Å²) < 4.78 is 11.5. The lowest BCUT2D eigenvalue weighted by atomic mass is 9.92. The van der Waals surface area contributed by atoms with Crippen LogP contribution in [0.5, 0.6) is 5.75 Å². The van der Waals surface area contributed by atoms with Crippen LogP contribution in [0.4, 0.5) is 4.79 Å². The van der Waals surface area contributed by atoms with Crippen molar-refractivity contribution in [3.05, 3.63) is 71.3 Å². The summed E-state index contributed by atoms with van der Waals surface area (Å²) >= 11 is 0. The topological polar surface area (TPSA) is 76.7 Å². The monoisotopic (exact) mass is 408 g/mol. The molecule has 3 rings (SSSR count). The standard InChI is InChI=1S/C24H28N2O4/c1-4-5-15-29-19-14-10-9-13-18(19)22-20(23(27)30-16(2)3)21(25-24(28)26-22)17-11-7-6-8-12-17/h6-14,16,22H,4-5,15H2,1-3H3,(H2,25,26,28). The highest BCUT2D eigenvalue weighted by Crippen LogP contribution is 2.36. The zero-order valence-electron chi connectivity index (χ0n) is 17.6. The minimum atomic E-state index is -0.696. The molecule has 0 fully saturated rings. The second-order valence-corrected chi connectivity index (χ2v) is 7.38. The molecular weight excluding hydrogens is 380 g/mol. The highest BCUT2D eigenvalue weighted by molar-refractivity contribution is 6.04. The van der Waals surface area contributed by atoms with Gasteiger partial charge >= 0.3 is 12.0 Å². The third-order valence-corrected chi connectivity index (χ3v) is 4.68. The van der Waals surface area contributed by atoms with Gasteiger partial charge in [0.2, 0.25) is 0 Å². The summed E-state index contributed by atoms with van der Waals surface area (Å²) in [4.78, 5) is 25.7. The lowest BCUT2D eigenvalue weighted by Gasteiger charge is -2.31. The quantitative estimate of drug-likeness (QED) is 0.495. The van der Waals surface area contributed by atoms with Gasteiger partial charge in [0.1, 0.15) is 5.75 Å². The third-order valence-electron chi connectivity index (χ3n) is 4.68. The minimum Gasteiger partial charge on any atom is -0.493 e. The van der Waals surface area contributed by atoms with E-state index >= 15 is 0 Å². The first-order valence-electron chi connectivity index (χ1n) is 10.3. The predicted molar refractivity (Wildman–Crippen MR) is 116 cm³/mol. The number of hydrogen-bond donors (Lipinski definition) is 2. The number of unbranched alkanes of at least 4 members (excludes halogenated alkanes) is 1. The fraction of sp³-hybridized carbons (Fsp3) is 0.333. The Bertz CT molecular complexity index is 922. The van der Waals surface area contributed by atoms with Crippen molar-refractivity contribution in [2.45, 2.75) is 45.8 Å². The van der Waals surface area contributed by atoms with Crippen LogP contribution >= 0.6 is 0 Å². The van der Waals surface area contributed by atoms with Crippen LogP contribution < -0.4 is 15.4 Å². The zero-order valence-corrected chi connectivity index (χ0v) is 17.6. The Labute approximate surface area is 177 Å². The van der Waals surface area contributed by atoms with Crippen molar-refractivity contribution in [1.29, 1.82) is 0 Å². The van der Waals surface area contributed by atoms with E-state index in [0.29, 0.717) is 29.2 Å². The van der Waals surface area contributed by atoms with E-state index in [1.807, 2.05) is 54.6 Å². The number of para-hydroxylation sites is 1. The number of benzene rings is 2. The van der Waals surface area contributed by atoms with Gasteiger partial charge in [0.25, 0.3) is 0 Å². The number of hydrogen-bond acceptors (Lipinski definition) is 4. The maximum absolute atomic E-state index is 13.1. The number of esters is 1. The number of ether oxygens (including phenoxy) is 2. The summed E-state index contributed by atoms with van der Waals surface area (Å²) in [6.45, 7) is 6.25. The molecule has 30 heavy (non-hydrogen) atoms. The molecule has 2 aromatic rings. The summed E-state index contributed by atoms with van der Waals surface area (Å²) in [5, 5.41) is 5.68. The Morgan fingerprint density at radius 1 is 1.07 bits per heavy atom. The van der Waals surface area contributed by atoms with Crippen LogP contribution in [-0.2, 0) is 9.53 Å². The highest BCUT2D eigenvalue weighted by Gasteiger charge is 2.36. The van der Waals surface area contributed by atoms with Gasteiger partial charge in [-0.2, -0.15) is 0 Å². The van der Waals surface area contributed by atoms with Gasteiger partial charge in [0, 0.05) is 5.56 Å². The average molecular weight is 408 g/mol. The van der Waals surface area contributed by atoms with E-state index in [9.17, 15) is 9.59 Å². The van der Waals surface area contributed by atoms with E-state index in [4.69, 9.17) is 9.47 Å². The molecule has 0 aromatic heterocycles. The molecule has 6 heteroatoms. The fourth-order valence-electron chi connectivity index (χ4n) is 3.30. The highest BCUT2D eigenvalue weighted by atomic mass is 16.5. The first-order valence-corrected chi connectivity index (χ1v) is 10.3. The van der Waals surface area contributed by atoms with Crippen LogP contribution in [0.2, 0.25) is 0 Å². The molecule has 2 amide bonds. The number of rotatable bonds is 8. The van der Waals surface area contributed by atoms with Crippen molar-refractivity contribution < 1.29 is 19.1 Å². The van der Waals surface area contributed by atoms with Crippen LogP contribution in [0, 0.1) is 0 Å². The molecule has 0 saturated carbocycles. The molecule has 2 aromatic carbocycles. The summed E-state index contributed by atoms with van der Waals surface area (Å²) in [5.41, 5.74) is 2.24. The molecule has 0 saturated heterocycles. The Hall–Kier alpha value is -3.28. The molecule has 0 aliphatic carbocycles. The molecule has 1 unspecified atom stereocenters. The molecule has 1 atom stereocenters. The summed E-state index contributed by atoms with van der Waals surface area (Å²) in [5.74, 6) is 0.158. The van der Waals surface area contributed by atoms with Gasteiger partial charge in [-0.1, -0.05) is 61.9 Å². The van der Waals surface area contributed by atoms with Crippen LogP contribution in [-0.4, -0.2) is 24.7 Å². The van der Waals surface area contributed by atoms with Gasteiger partial charge in [0.05, 0.1) is 30.0 Å². The fourth-order valence-corrected chi connectivity index (χ4v) is 3.30. The molecule has 0 bridgehead atoms. The summed E-state index contributed by atoms with van der Waals surface area (Å²) in [6, 6.07) is 15.7. The maximum atomic E-state index is 13.1. The van der Waals surface area contributed by atoms with Gasteiger partial charge in [-0.25, -0.2) is 9.59 Å². The number of urea groups is 1. The van der Waals surface area contributed by atoms with Gasteiger partial charge < -0.3 is 20.1 Å². The molecule has 158 valence electrons. The number of amides is 2. The Morgan fingerprint density at radius 2 is 1.77 bits per heavy atom. The maximum Gasteiger partial charge on any atom is 0.338 e. The van der Waals surface area contributed by atoms with Crippen LogP contribution in [0.1, 0.15) is 50.8 Å². The van der Waals surface area contributed by atoms with E-state index in [1.165, 1.54) is 0 Å². The molecule has 1 aliphatic heterocycles. The number of nitrogens with one attached hydrogen (secondary N) is 2. The van der Waals surface area contributed by atoms with Gasteiger partial charge in [-0.05, 0) is 31.9 Å². The molecule has 0 radical (unpaired) electrons. The second kappa shape index (κ2) is 9.96. The molecule has 1 aliphatic rings. The first kappa shape index (κ1) is 21.4. The van der Waals surface area contributed by atoms with E-state index in [-0.39, 0.29) is 12.1 Å². The van der Waals surface area contributed by atoms with Crippen molar-refractivity contribution in [2.24, 2.45) is 0 Å². The van der Waals surface area contributed by atoms with Gasteiger partial charge in [0.15, 0.2) is 0 Å². The summed E-state index contributed by atoms with van der Waals surface area (Å²) in [6.07, 6.45) is 1.63. The smallest absolute Gasteiger partial charge is 0.338 e. The van der Waals surface area contributed by atoms with Crippen molar-refractivity contribution in [3.63, 3.8) is 0 Å². The number of carbonyl (C=O) groups excluding carboxylic acids is 2. The second-order valence-electron chi connectivity index (χ2n) is 7.38. The Kier molecular flexibility index (Phi) is 7.12. The first-order chi connectivity index (χ1) is 14.5. The van der Waals surface area contributed by atoms with Crippen molar-refractivity contribution in [3.8, 4) is 5.75 Å². The van der Waals surface area contributed by atoms with E-state index in [2.05, 4.69) is 17.6 Å². The van der Waals surface area contributed by atoms with Crippen LogP contribution in [0.15, 0.2) is 60.2 Å². The molecule has 6 nitrogen and oxygen atoms in total. The molecular formula is C24H28N2O4. The minimum absolute atomic E-state index is 0.295. The molecule has 0 spiro atoms. The van der Waals surface area contributed by atoms with E-state index < -0.39 is 12.0 Å². The van der Waals surface area contributed by atoms with Crippen molar-refractivity contribution in [1.82, 2.24) is 10.6 Å². The van der Waals surface area contributed by atoms with E-state index in [0.717, 1.165) is 18.4 Å². The Balaban J connectivity index is 2.12. The van der Waals surface area contributed by atoms with Crippen LogP contribution in [0.3, 0.4) is 0 Å². The average Bonchev–Trinajstić information content (AvgIpc) is 2.73.